The second-order valence-corrected chi connectivity index (χ2v) is 5.80. The van der Waals surface area contributed by atoms with Crippen LogP contribution in [0.2, 0.25) is 0 Å². The summed E-state index contributed by atoms with van der Waals surface area (Å²) < 4.78 is 6.32. The van der Waals surface area contributed by atoms with Crippen molar-refractivity contribution in [3.05, 3.63) is 43.9 Å². The average molecular weight is 384 g/mol. The molecular weight excluding hydrogens is 367 g/mol. The summed E-state index contributed by atoms with van der Waals surface area (Å²) in [6.07, 6.45) is 0.845. The van der Waals surface area contributed by atoms with Gasteiger partial charge in [-0.25, -0.2) is 4.98 Å². The first kappa shape index (κ1) is 15.0. The van der Waals surface area contributed by atoms with E-state index in [0.29, 0.717) is 9.39 Å². The van der Waals surface area contributed by atoms with Crippen molar-refractivity contribution in [1.29, 1.82) is 0 Å². The molecule has 0 spiro atoms. The summed E-state index contributed by atoms with van der Waals surface area (Å²) in [4.78, 5) is 19.3. The smallest absolute Gasteiger partial charge is 0.264 e. The number of aryl methyl sites for hydroxylation is 1. The number of nitrogens with zero attached hydrogens (tertiary/aromatic N) is 1. The molecule has 0 aliphatic heterocycles. The van der Waals surface area contributed by atoms with Gasteiger partial charge in [0.2, 0.25) is 0 Å². The topological polar surface area (TPSA) is 55.0 Å². The van der Waals surface area contributed by atoms with Crippen LogP contribution < -0.4 is 10.3 Å². The molecule has 0 bridgehead atoms. The van der Waals surface area contributed by atoms with Gasteiger partial charge in [0.25, 0.3) is 5.56 Å². The average Bonchev–Trinajstić information content (AvgIpc) is 2.41. The molecule has 0 saturated heterocycles. The Labute approximate surface area is 131 Å². The minimum Gasteiger partial charge on any atom is -0.491 e. The summed E-state index contributed by atoms with van der Waals surface area (Å²) in [5, 5.41) is 0. The van der Waals surface area contributed by atoms with E-state index in [1.54, 1.807) is 0 Å². The molecule has 0 aliphatic carbocycles. The molecule has 0 radical (unpaired) electrons. The Kier molecular flexibility index (Phi) is 4.80. The molecule has 1 aromatic heterocycles. The molecule has 0 amide bonds. The van der Waals surface area contributed by atoms with Gasteiger partial charge in [-0.15, -0.1) is 0 Å². The van der Waals surface area contributed by atoms with Gasteiger partial charge in [-0.2, -0.15) is 0 Å². The van der Waals surface area contributed by atoms with Crippen molar-refractivity contribution >= 4 is 22.6 Å². The van der Waals surface area contributed by atoms with E-state index >= 15 is 0 Å². The number of nitrogens with one attached hydrogen (secondary N) is 1. The number of hydrogen-bond acceptors (Lipinski definition) is 3. The van der Waals surface area contributed by atoms with Crippen molar-refractivity contribution in [3.8, 4) is 17.1 Å². The van der Waals surface area contributed by atoms with Crippen molar-refractivity contribution in [2.45, 2.75) is 33.3 Å². The lowest BCUT2D eigenvalue weighted by Crippen LogP contribution is -2.16. The van der Waals surface area contributed by atoms with Crippen LogP contribution in [-0.2, 0) is 6.42 Å². The van der Waals surface area contributed by atoms with E-state index in [1.165, 1.54) is 0 Å². The Balaban J connectivity index is 2.46. The highest BCUT2D eigenvalue weighted by Gasteiger charge is 2.09. The van der Waals surface area contributed by atoms with Gasteiger partial charge in [-0.3, -0.25) is 4.79 Å². The fraction of sp³-hybridized carbons (Fsp3) is 0.333. The van der Waals surface area contributed by atoms with Gasteiger partial charge in [0.15, 0.2) is 0 Å². The van der Waals surface area contributed by atoms with E-state index in [9.17, 15) is 4.79 Å². The lowest BCUT2D eigenvalue weighted by Gasteiger charge is -2.11. The third kappa shape index (κ3) is 3.39. The molecule has 0 aliphatic rings. The van der Waals surface area contributed by atoms with Crippen LogP contribution in [0.4, 0.5) is 0 Å². The van der Waals surface area contributed by atoms with Crippen molar-refractivity contribution < 1.29 is 4.74 Å². The highest BCUT2D eigenvalue weighted by atomic mass is 127. The first-order chi connectivity index (χ1) is 9.51. The summed E-state index contributed by atoms with van der Waals surface area (Å²) in [6, 6.07) is 7.61. The number of aromatic amines is 1. The summed E-state index contributed by atoms with van der Waals surface area (Å²) in [5.41, 5.74) is 1.58. The van der Waals surface area contributed by atoms with Gasteiger partial charge in [-0.1, -0.05) is 19.1 Å². The molecule has 4 nitrogen and oxygen atoms in total. The Morgan fingerprint density at radius 2 is 2.15 bits per heavy atom. The third-order valence-electron chi connectivity index (χ3n) is 2.75. The summed E-state index contributed by atoms with van der Waals surface area (Å²) in [6.45, 7) is 5.95. The minimum atomic E-state index is -0.0948. The Bertz CT molecular complexity index is 665. The SMILES string of the molecule is CCc1nc(-c2cccc(OC(C)C)c2)[nH]c(=O)c1I. The molecule has 0 atom stereocenters. The first-order valence-electron chi connectivity index (χ1n) is 6.57. The zero-order chi connectivity index (χ0) is 14.7. The maximum atomic E-state index is 11.9. The zero-order valence-corrected chi connectivity index (χ0v) is 13.9. The molecule has 20 heavy (non-hydrogen) atoms. The number of halogens is 1. The summed E-state index contributed by atoms with van der Waals surface area (Å²) >= 11 is 2.03. The van der Waals surface area contributed by atoms with Crippen molar-refractivity contribution in [1.82, 2.24) is 9.97 Å². The molecule has 0 saturated carbocycles. The fourth-order valence-electron chi connectivity index (χ4n) is 1.87. The monoisotopic (exact) mass is 384 g/mol. The van der Waals surface area contributed by atoms with Crippen LogP contribution in [-0.4, -0.2) is 16.1 Å². The Hall–Kier alpha value is -1.37. The molecule has 5 heteroatoms. The van der Waals surface area contributed by atoms with Gasteiger partial charge in [0, 0.05) is 5.56 Å². The van der Waals surface area contributed by atoms with Gasteiger partial charge < -0.3 is 9.72 Å². The lowest BCUT2D eigenvalue weighted by molar-refractivity contribution is 0.242. The van der Waals surface area contributed by atoms with E-state index in [2.05, 4.69) is 9.97 Å². The molecule has 106 valence electrons. The number of H-pyrrole nitrogens is 1. The predicted octanol–water partition coefficient (Wildman–Crippen LogP) is 3.39. The van der Waals surface area contributed by atoms with Crippen molar-refractivity contribution in [2.75, 3.05) is 0 Å². The second kappa shape index (κ2) is 6.39. The van der Waals surface area contributed by atoms with E-state index in [-0.39, 0.29) is 11.7 Å². The summed E-state index contributed by atoms with van der Waals surface area (Å²) in [5.74, 6) is 1.36. The normalized spacial score (nSPS) is 10.8. The Morgan fingerprint density at radius 1 is 1.40 bits per heavy atom. The van der Waals surface area contributed by atoms with Crippen molar-refractivity contribution in [2.24, 2.45) is 0 Å². The highest BCUT2D eigenvalue weighted by Crippen LogP contribution is 2.22. The molecule has 0 unspecified atom stereocenters. The van der Waals surface area contributed by atoms with E-state index in [0.717, 1.165) is 23.4 Å². The number of aromatic nitrogens is 2. The quantitative estimate of drug-likeness (QED) is 0.823. The molecule has 1 aromatic carbocycles. The van der Waals surface area contributed by atoms with E-state index in [1.807, 2.05) is 67.6 Å². The lowest BCUT2D eigenvalue weighted by atomic mass is 10.2. The highest BCUT2D eigenvalue weighted by molar-refractivity contribution is 14.1. The standard InChI is InChI=1S/C15H17IN2O2/c1-4-12-13(16)15(19)18-14(17-12)10-6-5-7-11(8-10)20-9(2)3/h5-9H,4H2,1-3H3,(H,17,18,19). The Morgan fingerprint density at radius 3 is 2.80 bits per heavy atom. The van der Waals surface area contributed by atoms with Gasteiger partial charge in [0.1, 0.15) is 11.6 Å². The number of hydrogen-bond donors (Lipinski definition) is 1. The molecule has 1 heterocycles. The van der Waals surface area contributed by atoms with Crippen LogP contribution in [0.25, 0.3) is 11.4 Å². The number of rotatable bonds is 4. The van der Waals surface area contributed by atoms with E-state index in [4.69, 9.17) is 4.74 Å². The van der Waals surface area contributed by atoms with Crippen LogP contribution in [0, 0.1) is 3.57 Å². The molecule has 2 rings (SSSR count). The van der Waals surface area contributed by atoms with Gasteiger partial charge in [0.05, 0.1) is 15.4 Å². The number of ether oxygens (including phenoxy) is 1. The predicted molar refractivity (Wildman–Crippen MR) is 88.2 cm³/mol. The van der Waals surface area contributed by atoms with Crippen LogP contribution in [0.5, 0.6) is 5.75 Å². The molecular formula is C15H17IN2O2. The van der Waals surface area contributed by atoms with Gasteiger partial charge in [-0.05, 0) is 55.0 Å². The third-order valence-corrected chi connectivity index (χ3v) is 3.86. The maximum absolute atomic E-state index is 11.9. The fourth-order valence-corrected chi connectivity index (χ4v) is 2.50. The van der Waals surface area contributed by atoms with Crippen LogP contribution in [0.1, 0.15) is 26.5 Å². The van der Waals surface area contributed by atoms with Gasteiger partial charge >= 0.3 is 0 Å². The maximum Gasteiger partial charge on any atom is 0.264 e. The first-order valence-corrected chi connectivity index (χ1v) is 7.65. The largest absolute Gasteiger partial charge is 0.491 e. The molecule has 2 aromatic rings. The number of benzene rings is 1. The van der Waals surface area contributed by atoms with Crippen LogP contribution in [0.3, 0.4) is 0 Å². The second-order valence-electron chi connectivity index (χ2n) is 4.72. The summed E-state index contributed by atoms with van der Waals surface area (Å²) in [7, 11) is 0. The molecule has 1 N–H and O–H groups in total. The minimum absolute atomic E-state index is 0.0948. The van der Waals surface area contributed by atoms with Crippen LogP contribution in [0.15, 0.2) is 29.1 Å². The van der Waals surface area contributed by atoms with Crippen molar-refractivity contribution in [3.63, 3.8) is 0 Å². The van der Waals surface area contributed by atoms with Crippen LogP contribution >= 0.6 is 22.6 Å². The molecule has 0 fully saturated rings. The zero-order valence-electron chi connectivity index (χ0n) is 11.7. The van der Waals surface area contributed by atoms with E-state index < -0.39 is 0 Å².